The number of benzene rings is 1. The van der Waals surface area contributed by atoms with Crippen LogP contribution >= 0.6 is 0 Å². The van der Waals surface area contributed by atoms with E-state index in [1.165, 1.54) is 12.3 Å². The summed E-state index contributed by atoms with van der Waals surface area (Å²) in [7, 11) is -1.25. The van der Waals surface area contributed by atoms with Gasteiger partial charge < -0.3 is 18.8 Å². The summed E-state index contributed by atoms with van der Waals surface area (Å²) in [6.07, 6.45) is 3.73. The molecule has 0 atom stereocenters. The molecule has 7 nitrogen and oxygen atoms in total. The number of aryl methyl sites for hydroxylation is 1. The third-order valence-electron chi connectivity index (χ3n) is 5.57. The van der Waals surface area contributed by atoms with Crippen molar-refractivity contribution in [1.82, 2.24) is 9.55 Å². The van der Waals surface area contributed by atoms with Gasteiger partial charge in [0, 0.05) is 33.5 Å². The quantitative estimate of drug-likeness (QED) is 0.151. The van der Waals surface area contributed by atoms with E-state index in [1.807, 2.05) is 10.8 Å². The number of esters is 1. The van der Waals surface area contributed by atoms with Crippen molar-refractivity contribution in [3.63, 3.8) is 0 Å². The van der Waals surface area contributed by atoms with Crippen LogP contribution in [0.15, 0.2) is 30.6 Å². The topological polar surface area (TPSA) is 86.4 Å². The van der Waals surface area contributed by atoms with Crippen molar-refractivity contribution in [2.24, 2.45) is 0 Å². The summed E-state index contributed by atoms with van der Waals surface area (Å²) >= 11 is 0. The highest BCUT2D eigenvalue weighted by Crippen LogP contribution is 2.36. The van der Waals surface area contributed by atoms with Crippen LogP contribution in [0.1, 0.15) is 38.3 Å². The van der Waals surface area contributed by atoms with Crippen molar-refractivity contribution >= 4 is 25.1 Å². The lowest BCUT2D eigenvalue weighted by Gasteiger charge is -2.19. The summed E-state index contributed by atoms with van der Waals surface area (Å²) in [5.41, 5.74) is 0.729. The number of pyridine rings is 1. The van der Waals surface area contributed by atoms with Gasteiger partial charge in [-0.1, -0.05) is 19.6 Å². The number of ether oxygens (including phenoxy) is 3. The molecule has 0 fully saturated rings. The van der Waals surface area contributed by atoms with Gasteiger partial charge in [-0.05, 0) is 62.6 Å². The first-order chi connectivity index (χ1) is 17.8. The molecule has 0 bridgehead atoms. The SMILES string of the molecule is CC(C)(C)OC(=O)Cc1cc(F)c(Oc2ccnc3c2c(CCC#N)cn3COCC[Si](C)(C)C)c(F)c1. The molecule has 0 aliphatic rings. The first-order valence-corrected chi connectivity index (χ1v) is 16.3. The Balaban J connectivity index is 1.89. The largest absolute Gasteiger partial charge is 0.460 e. The van der Waals surface area contributed by atoms with Crippen LogP contribution in [0.5, 0.6) is 11.5 Å². The lowest BCUT2D eigenvalue weighted by Crippen LogP contribution is -2.25. The van der Waals surface area contributed by atoms with E-state index in [9.17, 15) is 13.6 Å². The summed E-state index contributed by atoms with van der Waals surface area (Å²) in [5.74, 6) is -2.85. The van der Waals surface area contributed by atoms with Gasteiger partial charge in [0.1, 0.15) is 23.7 Å². The Hall–Kier alpha value is -3.29. The number of nitrogens with zero attached hydrogens (tertiary/aromatic N) is 3. The third kappa shape index (κ3) is 8.10. The highest BCUT2D eigenvalue weighted by atomic mass is 28.3. The van der Waals surface area contributed by atoms with Crippen LogP contribution in [0.2, 0.25) is 25.7 Å². The lowest BCUT2D eigenvalue weighted by atomic mass is 10.1. The van der Waals surface area contributed by atoms with Gasteiger partial charge in [-0.25, -0.2) is 13.8 Å². The lowest BCUT2D eigenvalue weighted by molar-refractivity contribution is -0.153. The van der Waals surface area contributed by atoms with E-state index in [4.69, 9.17) is 19.5 Å². The number of rotatable bonds is 11. The molecule has 0 saturated carbocycles. The molecular weight excluding hydrogens is 508 g/mol. The second kappa shape index (κ2) is 12.0. The molecule has 10 heteroatoms. The van der Waals surface area contributed by atoms with E-state index >= 15 is 0 Å². The molecule has 0 unspecified atom stereocenters. The first-order valence-electron chi connectivity index (χ1n) is 12.6. The zero-order valence-electron chi connectivity index (χ0n) is 22.9. The number of aromatic nitrogens is 2. The van der Waals surface area contributed by atoms with Crippen LogP contribution in [0.3, 0.4) is 0 Å². The fraction of sp³-hybridized carbons (Fsp3) is 0.464. The molecule has 0 spiro atoms. The Kier molecular flexibility index (Phi) is 9.28. The van der Waals surface area contributed by atoms with Crippen LogP contribution < -0.4 is 4.74 Å². The number of carbonyl (C=O) groups is 1. The van der Waals surface area contributed by atoms with Crippen LogP contribution in [0.25, 0.3) is 11.0 Å². The number of fused-ring (bicyclic) bond motifs is 1. The molecule has 3 rings (SSSR count). The molecular formula is C28H35F2N3O4Si. The van der Waals surface area contributed by atoms with Gasteiger partial charge in [-0.3, -0.25) is 4.79 Å². The van der Waals surface area contributed by atoms with E-state index in [0.29, 0.717) is 24.1 Å². The van der Waals surface area contributed by atoms with Crippen molar-refractivity contribution in [2.45, 2.75) is 78.1 Å². The molecule has 0 aliphatic carbocycles. The summed E-state index contributed by atoms with van der Waals surface area (Å²) in [4.78, 5) is 16.6. The van der Waals surface area contributed by atoms with Crippen LogP contribution in [0.4, 0.5) is 8.78 Å². The normalized spacial score (nSPS) is 12.0. The number of hydrogen-bond acceptors (Lipinski definition) is 6. The van der Waals surface area contributed by atoms with Gasteiger partial charge in [0.2, 0.25) is 0 Å². The summed E-state index contributed by atoms with van der Waals surface area (Å²) in [5, 5.41) is 9.69. The van der Waals surface area contributed by atoms with Gasteiger partial charge in [-0.2, -0.15) is 5.26 Å². The Morgan fingerprint density at radius 1 is 1.18 bits per heavy atom. The van der Waals surface area contributed by atoms with Crippen LogP contribution in [-0.4, -0.2) is 35.8 Å². The molecule has 0 aliphatic heterocycles. The molecule has 0 radical (unpaired) electrons. The highest BCUT2D eigenvalue weighted by Gasteiger charge is 2.22. The summed E-state index contributed by atoms with van der Waals surface area (Å²) in [6, 6.07) is 6.80. The van der Waals surface area contributed by atoms with E-state index < -0.39 is 37.0 Å². The zero-order valence-corrected chi connectivity index (χ0v) is 23.9. The predicted molar refractivity (Wildman–Crippen MR) is 144 cm³/mol. The zero-order chi connectivity index (χ0) is 28.1. The number of nitriles is 1. The molecule has 0 N–H and O–H groups in total. The van der Waals surface area contributed by atoms with Gasteiger partial charge in [0.25, 0.3) is 0 Å². The van der Waals surface area contributed by atoms with Gasteiger partial charge in [0.05, 0.1) is 17.9 Å². The minimum absolute atomic E-state index is 0.137. The molecule has 3 aromatic rings. The Morgan fingerprint density at radius 2 is 1.87 bits per heavy atom. The molecule has 204 valence electrons. The smallest absolute Gasteiger partial charge is 0.310 e. The molecule has 2 heterocycles. The Bertz CT molecular complexity index is 1310. The molecule has 2 aromatic heterocycles. The molecule has 0 amide bonds. The minimum Gasteiger partial charge on any atom is -0.460 e. The van der Waals surface area contributed by atoms with Crippen molar-refractivity contribution in [1.29, 1.82) is 5.26 Å². The second-order valence-corrected chi connectivity index (χ2v) is 17.0. The number of halogens is 2. The van der Waals surface area contributed by atoms with Crippen LogP contribution in [0, 0.1) is 23.0 Å². The van der Waals surface area contributed by atoms with Crippen molar-refractivity contribution < 1.29 is 27.8 Å². The maximum atomic E-state index is 15.0. The van der Waals surface area contributed by atoms with Crippen molar-refractivity contribution in [2.75, 3.05) is 6.61 Å². The van der Waals surface area contributed by atoms with Gasteiger partial charge in [0.15, 0.2) is 17.4 Å². The summed E-state index contributed by atoms with van der Waals surface area (Å²) < 4.78 is 48.7. The molecule has 38 heavy (non-hydrogen) atoms. The number of carbonyl (C=O) groups excluding carboxylic acids is 1. The Morgan fingerprint density at radius 3 is 2.47 bits per heavy atom. The van der Waals surface area contributed by atoms with Crippen LogP contribution in [-0.2, 0) is 33.8 Å². The fourth-order valence-corrected chi connectivity index (χ4v) is 4.59. The first kappa shape index (κ1) is 29.3. The monoisotopic (exact) mass is 543 g/mol. The van der Waals surface area contributed by atoms with Gasteiger partial charge in [-0.15, -0.1) is 0 Å². The third-order valence-corrected chi connectivity index (χ3v) is 7.27. The summed E-state index contributed by atoms with van der Waals surface area (Å²) in [6.45, 7) is 12.8. The van der Waals surface area contributed by atoms with E-state index in [-0.39, 0.29) is 30.9 Å². The van der Waals surface area contributed by atoms with E-state index in [0.717, 1.165) is 23.7 Å². The maximum Gasteiger partial charge on any atom is 0.310 e. The number of hydrogen-bond donors (Lipinski definition) is 0. The van der Waals surface area contributed by atoms with Gasteiger partial charge >= 0.3 is 5.97 Å². The van der Waals surface area contributed by atoms with E-state index in [1.54, 1.807) is 20.8 Å². The maximum absolute atomic E-state index is 15.0. The standard InChI is InChI=1S/C28H35F2N3O4Si/c1-28(2,3)37-24(34)16-19-14-21(29)26(22(30)15-19)36-23-9-11-32-27-25(23)20(8-7-10-31)17-33(27)18-35-12-13-38(4,5)6/h9,11,14-15,17H,7-8,12-13,16,18H2,1-6H3. The Labute approximate surface area is 223 Å². The average Bonchev–Trinajstić information content (AvgIpc) is 3.14. The second-order valence-electron chi connectivity index (χ2n) is 11.4. The minimum atomic E-state index is -1.25. The fourth-order valence-electron chi connectivity index (χ4n) is 3.84. The van der Waals surface area contributed by atoms with E-state index in [2.05, 4.69) is 30.7 Å². The van der Waals surface area contributed by atoms with Crippen molar-refractivity contribution in [3.8, 4) is 17.6 Å². The highest BCUT2D eigenvalue weighted by molar-refractivity contribution is 6.76. The predicted octanol–water partition coefficient (Wildman–Crippen LogP) is 6.76. The average molecular weight is 544 g/mol. The van der Waals surface area contributed by atoms with Crippen molar-refractivity contribution in [3.05, 3.63) is 53.4 Å². The molecule has 1 aromatic carbocycles. The molecule has 0 saturated heterocycles.